The molecule has 7 nitrogen and oxygen atoms in total. The van der Waals surface area contributed by atoms with Crippen LogP contribution in [0.2, 0.25) is 0 Å². The molecule has 1 spiro atoms. The fourth-order valence-electron chi connectivity index (χ4n) is 4.36. The summed E-state index contributed by atoms with van der Waals surface area (Å²) in [6.45, 7) is 4.57. The number of aryl methyl sites for hydroxylation is 1. The first-order valence-corrected chi connectivity index (χ1v) is 9.60. The van der Waals surface area contributed by atoms with Gasteiger partial charge in [-0.25, -0.2) is 4.98 Å². The van der Waals surface area contributed by atoms with E-state index in [-0.39, 0.29) is 5.41 Å². The molecular weight excluding hydrogens is 354 g/mol. The van der Waals surface area contributed by atoms with Crippen molar-refractivity contribution in [2.75, 3.05) is 31.7 Å². The zero-order valence-electron chi connectivity index (χ0n) is 16.1. The second-order valence-corrected chi connectivity index (χ2v) is 7.49. The molecule has 0 bridgehead atoms. The van der Waals surface area contributed by atoms with Crippen molar-refractivity contribution in [3.05, 3.63) is 54.0 Å². The topological polar surface area (TPSA) is 65.3 Å². The molecule has 1 fully saturated rings. The number of piperidine rings is 1. The van der Waals surface area contributed by atoms with Crippen molar-refractivity contribution in [1.82, 2.24) is 19.7 Å². The first-order chi connectivity index (χ1) is 13.7. The molecule has 0 unspecified atom stereocenters. The van der Waals surface area contributed by atoms with Gasteiger partial charge in [0.15, 0.2) is 0 Å². The Kier molecular flexibility index (Phi) is 3.96. The van der Waals surface area contributed by atoms with Crippen LogP contribution in [0.1, 0.15) is 24.2 Å². The van der Waals surface area contributed by atoms with Crippen LogP contribution in [0.15, 0.2) is 42.6 Å². The molecule has 0 atom stereocenters. The van der Waals surface area contributed by atoms with Crippen LogP contribution in [0.5, 0.6) is 11.6 Å². The third-order valence-electron chi connectivity index (χ3n) is 5.96. The highest BCUT2D eigenvalue weighted by atomic mass is 16.5. The first-order valence-electron chi connectivity index (χ1n) is 9.60. The Balaban J connectivity index is 1.41. The van der Waals surface area contributed by atoms with E-state index < -0.39 is 0 Å². The van der Waals surface area contributed by atoms with Crippen molar-refractivity contribution >= 4 is 5.95 Å². The third-order valence-corrected chi connectivity index (χ3v) is 5.96. The minimum Gasteiger partial charge on any atom is -0.492 e. The Hall–Kier alpha value is -3.09. The number of benzene rings is 1. The normalized spacial score (nSPS) is 17.4. The fraction of sp³-hybridized carbons (Fsp3) is 0.381. The van der Waals surface area contributed by atoms with Crippen LogP contribution in [0.3, 0.4) is 0 Å². The van der Waals surface area contributed by atoms with Crippen molar-refractivity contribution in [1.29, 1.82) is 0 Å². The number of hydrogen-bond acceptors (Lipinski definition) is 6. The molecular formula is C21H23N5O2. The van der Waals surface area contributed by atoms with Gasteiger partial charge in [0.2, 0.25) is 11.8 Å². The number of para-hydroxylation sites is 1. The second-order valence-electron chi connectivity index (χ2n) is 7.49. The lowest BCUT2D eigenvalue weighted by Gasteiger charge is -2.38. The second kappa shape index (κ2) is 6.51. The molecule has 2 aromatic heterocycles. The Morgan fingerprint density at radius 3 is 2.64 bits per heavy atom. The third kappa shape index (κ3) is 2.61. The van der Waals surface area contributed by atoms with E-state index in [4.69, 9.17) is 9.47 Å². The van der Waals surface area contributed by atoms with E-state index >= 15 is 0 Å². The molecule has 1 saturated heterocycles. The number of anilines is 1. The van der Waals surface area contributed by atoms with Gasteiger partial charge in [-0.15, -0.1) is 10.2 Å². The molecule has 4 heterocycles. The van der Waals surface area contributed by atoms with Gasteiger partial charge >= 0.3 is 0 Å². The van der Waals surface area contributed by atoms with Crippen LogP contribution in [-0.2, 0) is 5.41 Å². The number of rotatable bonds is 3. The number of ether oxygens (including phenoxy) is 2. The van der Waals surface area contributed by atoms with Gasteiger partial charge in [-0.1, -0.05) is 18.2 Å². The van der Waals surface area contributed by atoms with Crippen molar-refractivity contribution in [3.63, 3.8) is 0 Å². The summed E-state index contributed by atoms with van der Waals surface area (Å²) in [6.07, 6.45) is 3.87. The standard InChI is InChI=1S/C21H23N5O2/c1-15-23-24-20(26(15)16-7-8-19(27-2)22-13-16)25-11-9-21(10-12-25)14-28-18-6-4-3-5-17(18)21/h3-8,13H,9-12,14H2,1-2H3. The SMILES string of the molecule is COc1ccc(-n2c(C)nnc2N2CCC3(CC2)COc2ccccc23)cn1. The summed E-state index contributed by atoms with van der Waals surface area (Å²) < 4.78 is 13.2. The molecule has 3 aromatic rings. The maximum Gasteiger partial charge on any atom is 0.231 e. The van der Waals surface area contributed by atoms with E-state index in [1.165, 1.54) is 5.56 Å². The average Bonchev–Trinajstić information content (AvgIpc) is 3.30. The lowest BCUT2D eigenvalue weighted by molar-refractivity contribution is 0.229. The summed E-state index contributed by atoms with van der Waals surface area (Å²) in [5, 5.41) is 8.79. The molecule has 0 aliphatic carbocycles. The summed E-state index contributed by atoms with van der Waals surface area (Å²) in [5.41, 5.74) is 2.41. The van der Waals surface area contributed by atoms with Gasteiger partial charge in [0, 0.05) is 30.1 Å². The highest BCUT2D eigenvalue weighted by Gasteiger charge is 2.43. The quantitative estimate of drug-likeness (QED) is 0.699. The molecule has 7 heteroatoms. The summed E-state index contributed by atoms with van der Waals surface area (Å²) in [7, 11) is 1.62. The minimum atomic E-state index is 0.120. The summed E-state index contributed by atoms with van der Waals surface area (Å²) in [6, 6.07) is 12.3. The van der Waals surface area contributed by atoms with Crippen LogP contribution < -0.4 is 14.4 Å². The maximum atomic E-state index is 5.98. The fourth-order valence-corrected chi connectivity index (χ4v) is 4.36. The summed E-state index contributed by atoms with van der Waals surface area (Å²) in [4.78, 5) is 6.65. The van der Waals surface area contributed by atoms with Crippen LogP contribution in [0.25, 0.3) is 5.69 Å². The average molecular weight is 377 g/mol. The lowest BCUT2D eigenvalue weighted by atomic mass is 9.74. The zero-order valence-corrected chi connectivity index (χ0v) is 16.1. The number of nitrogens with zero attached hydrogens (tertiary/aromatic N) is 5. The number of methoxy groups -OCH3 is 1. The van der Waals surface area contributed by atoms with Crippen molar-refractivity contribution in [3.8, 4) is 17.3 Å². The van der Waals surface area contributed by atoms with E-state index in [1.54, 1.807) is 13.3 Å². The smallest absolute Gasteiger partial charge is 0.231 e. The monoisotopic (exact) mass is 377 g/mol. The van der Waals surface area contributed by atoms with E-state index in [9.17, 15) is 0 Å². The summed E-state index contributed by atoms with van der Waals surface area (Å²) >= 11 is 0. The number of aromatic nitrogens is 4. The number of hydrogen-bond donors (Lipinski definition) is 0. The predicted molar refractivity (Wildman–Crippen MR) is 106 cm³/mol. The predicted octanol–water partition coefficient (Wildman–Crippen LogP) is 2.91. The lowest BCUT2D eigenvalue weighted by Crippen LogP contribution is -2.44. The Labute approximate surface area is 163 Å². The van der Waals surface area contributed by atoms with Gasteiger partial charge in [-0.2, -0.15) is 0 Å². The minimum absolute atomic E-state index is 0.120. The van der Waals surface area contributed by atoms with Crippen LogP contribution in [0.4, 0.5) is 5.95 Å². The molecule has 0 saturated carbocycles. The van der Waals surface area contributed by atoms with Gasteiger partial charge in [-0.3, -0.25) is 4.57 Å². The van der Waals surface area contributed by atoms with Crippen molar-refractivity contribution < 1.29 is 9.47 Å². The van der Waals surface area contributed by atoms with Crippen LogP contribution in [-0.4, -0.2) is 46.6 Å². The van der Waals surface area contributed by atoms with E-state index in [2.05, 4.69) is 42.8 Å². The van der Waals surface area contributed by atoms with Gasteiger partial charge in [-0.05, 0) is 31.9 Å². The van der Waals surface area contributed by atoms with E-state index in [0.29, 0.717) is 5.88 Å². The first kappa shape index (κ1) is 17.0. The molecule has 28 heavy (non-hydrogen) atoms. The van der Waals surface area contributed by atoms with Gasteiger partial charge in [0.05, 0.1) is 25.6 Å². The van der Waals surface area contributed by atoms with E-state index in [1.807, 2.05) is 25.1 Å². The number of fused-ring (bicyclic) bond motifs is 2. The molecule has 2 aliphatic rings. The largest absolute Gasteiger partial charge is 0.492 e. The van der Waals surface area contributed by atoms with Gasteiger partial charge < -0.3 is 14.4 Å². The van der Waals surface area contributed by atoms with Crippen LogP contribution in [0, 0.1) is 6.92 Å². The summed E-state index contributed by atoms with van der Waals surface area (Å²) in [5.74, 6) is 3.35. The molecule has 0 N–H and O–H groups in total. The Morgan fingerprint density at radius 1 is 1.07 bits per heavy atom. The Morgan fingerprint density at radius 2 is 1.89 bits per heavy atom. The highest BCUT2D eigenvalue weighted by Crippen LogP contribution is 2.45. The molecule has 0 radical (unpaired) electrons. The number of pyridine rings is 1. The molecule has 1 aromatic carbocycles. The van der Waals surface area contributed by atoms with Gasteiger partial charge in [0.25, 0.3) is 0 Å². The van der Waals surface area contributed by atoms with E-state index in [0.717, 1.165) is 55.7 Å². The molecule has 144 valence electrons. The van der Waals surface area contributed by atoms with Gasteiger partial charge in [0.1, 0.15) is 11.6 Å². The van der Waals surface area contributed by atoms with Crippen molar-refractivity contribution in [2.45, 2.75) is 25.2 Å². The molecule has 0 amide bonds. The maximum absolute atomic E-state index is 5.98. The Bertz CT molecular complexity index is 990. The van der Waals surface area contributed by atoms with Crippen LogP contribution >= 0.6 is 0 Å². The van der Waals surface area contributed by atoms with Crippen molar-refractivity contribution in [2.24, 2.45) is 0 Å². The molecule has 5 rings (SSSR count). The highest BCUT2D eigenvalue weighted by molar-refractivity contribution is 5.48. The molecule has 2 aliphatic heterocycles. The zero-order chi connectivity index (χ0) is 19.1.